The van der Waals surface area contributed by atoms with Crippen molar-refractivity contribution in [2.24, 2.45) is 0 Å². The summed E-state index contributed by atoms with van der Waals surface area (Å²) in [5.74, 6) is 0. The molecule has 20 heavy (non-hydrogen) atoms. The van der Waals surface area contributed by atoms with Crippen LogP contribution in [0.15, 0.2) is 48.7 Å². The van der Waals surface area contributed by atoms with E-state index in [0.717, 1.165) is 5.56 Å². The highest BCUT2D eigenvalue weighted by atomic mass is 16.6. The molecule has 2 rings (SSSR count). The number of carbonyl (C=O) groups is 1. The molecule has 0 radical (unpaired) electrons. The van der Waals surface area contributed by atoms with Crippen LogP contribution in [-0.2, 0) is 4.74 Å². The lowest BCUT2D eigenvalue weighted by molar-refractivity contribution is 0.0293. The monoisotopic (exact) mass is 271 g/mol. The van der Waals surface area contributed by atoms with Crippen LogP contribution in [0.2, 0.25) is 0 Å². The van der Waals surface area contributed by atoms with Crippen molar-refractivity contribution < 1.29 is 9.53 Å². The van der Waals surface area contributed by atoms with Gasteiger partial charge in [0.05, 0.1) is 6.04 Å². The topological polar surface area (TPSA) is 29.5 Å². The van der Waals surface area contributed by atoms with Crippen molar-refractivity contribution in [3.05, 3.63) is 59.8 Å². The number of aryl methyl sites for hydroxylation is 1. The maximum absolute atomic E-state index is 12.3. The molecule has 0 fully saturated rings. The van der Waals surface area contributed by atoms with E-state index in [1.165, 1.54) is 5.56 Å². The Balaban J connectivity index is 2.22. The zero-order valence-electron chi connectivity index (χ0n) is 12.5. The molecule has 1 aromatic carbocycles. The van der Waals surface area contributed by atoms with Gasteiger partial charge in [-0.2, -0.15) is 0 Å². The van der Waals surface area contributed by atoms with Crippen molar-refractivity contribution >= 4 is 6.09 Å². The number of benzene rings is 1. The maximum atomic E-state index is 12.3. The van der Waals surface area contributed by atoms with E-state index in [0.29, 0.717) is 0 Å². The first kappa shape index (κ1) is 14.4. The van der Waals surface area contributed by atoms with E-state index in [2.05, 4.69) is 12.1 Å². The number of hydrogen-bond acceptors (Lipinski definition) is 2. The summed E-state index contributed by atoms with van der Waals surface area (Å²) < 4.78 is 5.45. The van der Waals surface area contributed by atoms with Crippen LogP contribution in [0.3, 0.4) is 0 Å². The third-order valence-electron chi connectivity index (χ3n) is 2.97. The van der Waals surface area contributed by atoms with E-state index in [1.807, 2.05) is 58.1 Å². The molecule has 3 nitrogen and oxygen atoms in total. The van der Waals surface area contributed by atoms with E-state index < -0.39 is 5.60 Å². The minimum atomic E-state index is -0.496. The van der Waals surface area contributed by atoms with E-state index in [9.17, 15) is 4.79 Å². The lowest BCUT2D eigenvalue weighted by Gasteiger charge is -2.31. The summed E-state index contributed by atoms with van der Waals surface area (Å²) in [6.45, 7) is 7.66. The minimum Gasteiger partial charge on any atom is -0.443 e. The summed E-state index contributed by atoms with van der Waals surface area (Å²) in [6.07, 6.45) is 7.22. The summed E-state index contributed by atoms with van der Waals surface area (Å²) in [7, 11) is 0. The summed E-state index contributed by atoms with van der Waals surface area (Å²) in [6, 6.07) is 8.07. The van der Waals surface area contributed by atoms with Gasteiger partial charge in [-0.1, -0.05) is 42.0 Å². The predicted molar refractivity (Wildman–Crippen MR) is 80.3 cm³/mol. The molecule has 0 spiro atoms. The first-order valence-electron chi connectivity index (χ1n) is 6.80. The lowest BCUT2D eigenvalue weighted by atomic mass is 10.0. The van der Waals surface area contributed by atoms with Crippen LogP contribution >= 0.6 is 0 Å². The summed E-state index contributed by atoms with van der Waals surface area (Å²) in [4.78, 5) is 13.9. The molecule has 1 atom stereocenters. The Morgan fingerprint density at radius 3 is 2.40 bits per heavy atom. The van der Waals surface area contributed by atoms with Gasteiger partial charge in [-0.15, -0.1) is 0 Å². The first-order chi connectivity index (χ1) is 9.37. The highest BCUT2D eigenvalue weighted by molar-refractivity contribution is 5.71. The molecule has 0 aliphatic carbocycles. The van der Waals surface area contributed by atoms with Gasteiger partial charge < -0.3 is 4.74 Å². The lowest BCUT2D eigenvalue weighted by Crippen LogP contribution is -2.36. The molecule has 106 valence electrons. The van der Waals surface area contributed by atoms with Gasteiger partial charge in [0.25, 0.3) is 0 Å². The predicted octanol–water partition coefficient (Wildman–Crippen LogP) is 4.36. The summed E-state index contributed by atoms with van der Waals surface area (Å²) >= 11 is 0. The Labute approximate surface area is 120 Å². The van der Waals surface area contributed by atoms with Crippen LogP contribution in [0, 0.1) is 6.92 Å². The average molecular weight is 271 g/mol. The molecule has 0 aromatic heterocycles. The third kappa shape index (κ3) is 3.50. The molecule has 0 bridgehead atoms. The molecule has 1 aliphatic heterocycles. The molecular weight excluding hydrogens is 250 g/mol. The first-order valence-corrected chi connectivity index (χ1v) is 6.80. The Kier molecular flexibility index (Phi) is 3.98. The van der Waals surface area contributed by atoms with Crippen LogP contribution in [0.1, 0.15) is 37.9 Å². The number of ether oxygens (including phenoxy) is 1. The van der Waals surface area contributed by atoms with Crippen molar-refractivity contribution in [2.45, 2.75) is 39.3 Å². The smallest absolute Gasteiger partial charge is 0.415 e. The molecule has 1 heterocycles. The largest absolute Gasteiger partial charge is 0.443 e. The Bertz CT molecular complexity index is 535. The van der Waals surface area contributed by atoms with Crippen molar-refractivity contribution in [1.29, 1.82) is 0 Å². The van der Waals surface area contributed by atoms with Gasteiger partial charge in [0.15, 0.2) is 0 Å². The fourth-order valence-corrected chi connectivity index (χ4v) is 2.02. The number of amides is 1. The van der Waals surface area contributed by atoms with Gasteiger partial charge in [-0.25, -0.2) is 4.79 Å². The fraction of sp³-hybridized carbons (Fsp3) is 0.353. The van der Waals surface area contributed by atoms with Crippen LogP contribution in [0.4, 0.5) is 4.79 Å². The van der Waals surface area contributed by atoms with Gasteiger partial charge in [-0.05, 0) is 39.3 Å². The second-order valence-corrected chi connectivity index (χ2v) is 5.97. The molecule has 0 saturated heterocycles. The Morgan fingerprint density at radius 1 is 1.15 bits per heavy atom. The van der Waals surface area contributed by atoms with Crippen molar-refractivity contribution in [3.8, 4) is 0 Å². The van der Waals surface area contributed by atoms with E-state index in [-0.39, 0.29) is 12.1 Å². The maximum Gasteiger partial charge on any atom is 0.415 e. The highest BCUT2D eigenvalue weighted by Crippen LogP contribution is 2.27. The number of carbonyl (C=O) groups excluding carboxylic acids is 1. The van der Waals surface area contributed by atoms with E-state index in [1.54, 1.807) is 11.1 Å². The standard InChI is InChI=1S/C17H21NO2/c1-13-8-10-14(11-9-13)15-7-5-6-12-18(15)16(19)20-17(2,3)4/h5-12,15H,1-4H3. The summed E-state index contributed by atoms with van der Waals surface area (Å²) in [5, 5.41) is 0. The number of allylic oxidation sites excluding steroid dienone is 2. The molecule has 3 heteroatoms. The minimum absolute atomic E-state index is 0.115. The summed E-state index contributed by atoms with van der Waals surface area (Å²) in [5.41, 5.74) is 1.78. The second-order valence-electron chi connectivity index (χ2n) is 5.97. The highest BCUT2D eigenvalue weighted by Gasteiger charge is 2.27. The van der Waals surface area contributed by atoms with Gasteiger partial charge in [0.1, 0.15) is 5.60 Å². The van der Waals surface area contributed by atoms with Crippen LogP contribution in [0.5, 0.6) is 0 Å². The molecular formula is C17H21NO2. The molecule has 1 unspecified atom stereocenters. The zero-order chi connectivity index (χ0) is 14.8. The third-order valence-corrected chi connectivity index (χ3v) is 2.97. The molecule has 1 aromatic rings. The van der Waals surface area contributed by atoms with Crippen molar-refractivity contribution in [1.82, 2.24) is 4.90 Å². The van der Waals surface area contributed by atoms with Gasteiger partial charge in [0.2, 0.25) is 0 Å². The zero-order valence-corrected chi connectivity index (χ0v) is 12.5. The van der Waals surface area contributed by atoms with Gasteiger partial charge in [-0.3, -0.25) is 4.90 Å². The van der Waals surface area contributed by atoms with E-state index >= 15 is 0 Å². The molecule has 0 saturated carbocycles. The molecule has 0 N–H and O–H groups in total. The Hall–Kier alpha value is -2.03. The fourth-order valence-electron chi connectivity index (χ4n) is 2.02. The van der Waals surface area contributed by atoms with Gasteiger partial charge in [0, 0.05) is 6.20 Å². The second kappa shape index (κ2) is 5.53. The SMILES string of the molecule is Cc1ccc(C2C=CC=CN2C(=O)OC(C)(C)C)cc1. The van der Waals surface area contributed by atoms with Crippen LogP contribution in [-0.4, -0.2) is 16.6 Å². The number of hydrogen-bond donors (Lipinski definition) is 0. The number of rotatable bonds is 1. The molecule has 1 aliphatic rings. The van der Waals surface area contributed by atoms with Gasteiger partial charge >= 0.3 is 6.09 Å². The van der Waals surface area contributed by atoms with Crippen LogP contribution in [0.25, 0.3) is 0 Å². The normalized spacial score (nSPS) is 18.2. The quantitative estimate of drug-likeness (QED) is 0.759. The number of nitrogens with zero attached hydrogens (tertiary/aromatic N) is 1. The molecule has 1 amide bonds. The Morgan fingerprint density at radius 2 is 1.80 bits per heavy atom. The van der Waals surface area contributed by atoms with Crippen LogP contribution < -0.4 is 0 Å². The van der Waals surface area contributed by atoms with Crippen molar-refractivity contribution in [3.63, 3.8) is 0 Å². The van der Waals surface area contributed by atoms with Crippen molar-refractivity contribution in [2.75, 3.05) is 0 Å². The average Bonchev–Trinajstić information content (AvgIpc) is 2.38. The van der Waals surface area contributed by atoms with E-state index in [4.69, 9.17) is 4.74 Å².